The van der Waals surface area contributed by atoms with Gasteiger partial charge in [-0.2, -0.15) is 0 Å². The number of rotatable bonds is 56. The zero-order valence-corrected chi connectivity index (χ0v) is 53.7. The highest BCUT2D eigenvalue weighted by Gasteiger charge is 2.30. The number of piperazine rings is 1. The molecule has 0 aromatic heterocycles. The number of carbonyl (C=O) groups excluding carboxylic acids is 3. The van der Waals surface area contributed by atoms with Gasteiger partial charge in [0.25, 0.3) is 0 Å². The Balaban J connectivity index is 2.84. The molecule has 1 heterocycles. The van der Waals surface area contributed by atoms with Crippen LogP contribution < -0.4 is 10.6 Å². The standard InChI is InChI=1S/C67H126N4O11/c1-12-20-38-59(16-5)79-52(9)32-28-34-55(72)48-71(49-56(73)35-29-33-53(10)80-60(17-6)39-21-13-2)47-27-25-43-64-67(78)69-63(54(11)68-64)42-24-26-46-70(50-57(74)36-30-44-65(76)81-61(18-7)40-22-14-3)51-58(75)37-31-45-66(77)82-62(19-8)41-23-15-4/h55-64,68,72-75H,9-51H2,1-8H3,(H,69,78). The number of hydrogen-bond acceptors (Lipinski definition) is 14. The van der Waals surface area contributed by atoms with Gasteiger partial charge in [0, 0.05) is 57.6 Å². The summed E-state index contributed by atoms with van der Waals surface area (Å²) in [5.74, 6) is 1.04. The number of nitrogens with zero attached hydrogens (tertiary/aromatic N) is 2. The van der Waals surface area contributed by atoms with Gasteiger partial charge in [-0.25, -0.2) is 0 Å². The Kier molecular flexibility index (Phi) is 45.9. The number of aliphatic hydroxyl groups is 4. The largest absolute Gasteiger partial charge is 0.495 e. The number of hydrogen-bond donors (Lipinski definition) is 6. The van der Waals surface area contributed by atoms with Gasteiger partial charge in [-0.3, -0.25) is 24.2 Å². The van der Waals surface area contributed by atoms with E-state index in [4.69, 9.17) is 18.9 Å². The van der Waals surface area contributed by atoms with Crippen molar-refractivity contribution < 1.29 is 53.8 Å². The summed E-state index contributed by atoms with van der Waals surface area (Å²) in [6, 6.07) is -0.640. The van der Waals surface area contributed by atoms with Crippen molar-refractivity contribution in [1.29, 1.82) is 0 Å². The Morgan fingerprint density at radius 3 is 1.09 bits per heavy atom. The highest BCUT2D eigenvalue weighted by atomic mass is 16.5. The van der Waals surface area contributed by atoms with Gasteiger partial charge in [0.15, 0.2) is 0 Å². The van der Waals surface area contributed by atoms with E-state index in [2.05, 4.69) is 81.7 Å². The number of carbonyl (C=O) groups is 3. The Labute approximate surface area is 500 Å². The molecule has 15 heteroatoms. The van der Waals surface area contributed by atoms with Gasteiger partial charge in [0.2, 0.25) is 5.91 Å². The average Bonchev–Trinajstić information content (AvgIpc) is 3.46. The first-order chi connectivity index (χ1) is 39.4. The molecule has 1 saturated heterocycles. The van der Waals surface area contributed by atoms with E-state index >= 15 is 0 Å². The molecule has 82 heavy (non-hydrogen) atoms. The summed E-state index contributed by atoms with van der Waals surface area (Å²) in [5, 5.41) is 51.5. The van der Waals surface area contributed by atoms with Gasteiger partial charge in [0.1, 0.15) is 18.2 Å². The Morgan fingerprint density at radius 1 is 0.439 bits per heavy atom. The molecule has 480 valence electrons. The van der Waals surface area contributed by atoms with Crippen LogP contribution in [0.25, 0.3) is 0 Å². The topological polar surface area (TPSA) is 200 Å². The quantitative estimate of drug-likeness (QED) is 0.0191. The van der Waals surface area contributed by atoms with E-state index in [1.165, 1.54) is 0 Å². The van der Waals surface area contributed by atoms with Crippen molar-refractivity contribution in [1.82, 2.24) is 20.4 Å². The molecule has 10 unspecified atom stereocenters. The first kappa shape index (κ1) is 76.8. The molecule has 0 aromatic rings. The molecule has 15 nitrogen and oxygen atoms in total. The highest BCUT2D eigenvalue weighted by Crippen LogP contribution is 2.22. The van der Waals surface area contributed by atoms with Crippen LogP contribution >= 0.6 is 0 Å². The second kappa shape index (κ2) is 49.0. The van der Waals surface area contributed by atoms with E-state index in [9.17, 15) is 34.8 Å². The van der Waals surface area contributed by atoms with E-state index < -0.39 is 30.5 Å². The van der Waals surface area contributed by atoms with Crippen molar-refractivity contribution in [2.24, 2.45) is 0 Å². The van der Waals surface area contributed by atoms with E-state index in [1.807, 2.05) is 13.8 Å². The lowest BCUT2D eigenvalue weighted by Crippen LogP contribution is -2.56. The number of allylic oxidation sites excluding steroid dienone is 2. The molecule has 1 amide bonds. The molecule has 0 aliphatic carbocycles. The Bertz CT molecular complexity index is 1460. The molecule has 1 rings (SSSR count). The van der Waals surface area contributed by atoms with Crippen LogP contribution in [0.5, 0.6) is 0 Å². The first-order valence-electron chi connectivity index (χ1n) is 33.4. The summed E-state index contributed by atoms with van der Waals surface area (Å²) in [6.45, 7) is 32.5. The first-order valence-corrected chi connectivity index (χ1v) is 33.4. The van der Waals surface area contributed by atoms with Crippen LogP contribution in [-0.2, 0) is 33.3 Å². The van der Waals surface area contributed by atoms with Crippen LogP contribution in [0.4, 0.5) is 0 Å². The summed E-state index contributed by atoms with van der Waals surface area (Å²) in [4.78, 5) is 43.0. The fourth-order valence-electron chi connectivity index (χ4n) is 10.9. The summed E-state index contributed by atoms with van der Waals surface area (Å²) in [7, 11) is 0. The van der Waals surface area contributed by atoms with Crippen LogP contribution in [0.2, 0.25) is 0 Å². The fourth-order valence-corrected chi connectivity index (χ4v) is 10.9. The third-order valence-electron chi connectivity index (χ3n) is 16.1. The van der Waals surface area contributed by atoms with E-state index in [0.717, 1.165) is 158 Å². The molecule has 6 N–H and O–H groups in total. The van der Waals surface area contributed by atoms with Crippen LogP contribution in [0.1, 0.15) is 274 Å². The van der Waals surface area contributed by atoms with Crippen LogP contribution in [0.15, 0.2) is 37.0 Å². The van der Waals surface area contributed by atoms with Gasteiger partial charge in [-0.1, -0.05) is 126 Å². The van der Waals surface area contributed by atoms with Crippen molar-refractivity contribution in [2.45, 2.75) is 335 Å². The summed E-state index contributed by atoms with van der Waals surface area (Å²) in [5.41, 5.74) is 0.780. The van der Waals surface area contributed by atoms with Gasteiger partial charge in [-0.05, 0) is 154 Å². The monoisotopic (exact) mass is 1160 g/mol. The number of unbranched alkanes of at least 4 members (excludes halogenated alkanes) is 6. The van der Waals surface area contributed by atoms with Crippen LogP contribution in [-0.4, -0.2) is 148 Å². The zero-order chi connectivity index (χ0) is 60.9. The molecule has 0 bridgehead atoms. The predicted molar refractivity (Wildman–Crippen MR) is 335 cm³/mol. The summed E-state index contributed by atoms with van der Waals surface area (Å²) < 4.78 is 23.7. The van der Waals surface area contributed by atoms with Crippen LogP contribution in [0, 0.1) is 0 Å². The third kappa shape index (κ3) is 38.7. The van der Waals surface area contributed by atoms with E-state index in [-0.39, 0.29) is 61.1 Å². The molecular formula is C67H126N4O11. The predicted octanol–water partition coefficient (Wildman–Crippen LogP) is 13.0. The van der Waals surface area contributed by atoms with Crippen molar-refractivity contribution in [2.75, 3.05) is 39.3 Å². The lowest BCUT2D eigenvalue weighted by molar-refractivity contribution is -0.150. The Hall–Kier alpha value is -3.21. The minimum absolute atomic E-state index is 0.0551. The fraction of sp³-hybridized carbons (Fsp3) is 0.866. The molecule has 0 aromatic carbocycles. The molecule has 0 saturated carbocycles. The van der Waals surface area contributed by atoms with E-state index in [1.54, 1.807) is 0 Å². The summed E-state index contributed by atoms with van der Waals surface area (Å²) >= 11 is 0. The molecule has 1 aliphatic heterocycles. The van der Waals surface area contributed by atoms with Gasteiger partial charge >= 0.3 is 11.9 Å². The minimum atomic E-state index is -0.697. The lowest BCUT2D eigenvalue weighted by atomic mass is 9.99. The molecule has 0 radical (unpaired) electrons. The summed E-state index contributed by atoms with van der Waals surface area (Å²) in [6.07, 6.45) is 24.5. The van der Waals surface area contributed by atoms with Crippen LogP contribution in [0.3, 0.4) is 0 Å². The van der Waals surface area contributed by atoms with Crippen molar-refractivity contribution in [3.05, 3.63) is 37.0 Å². The lowest BCUT2D eigenvalue weighted by Gasteiger charge is -2.33. The number of aliphatic hydroxyl groups excluding tert-OH is 4. The zero-order valence-electron chi connectivity index (χ0n) is 53.7. The maximum absolute atomic E-state index is 13.5. The van der Waals surface area contributed by atoms with Crippen molar-refractivity contribution >= 4 is 17.8 Å². The number of esters is 2. The number of ether oxygens (including phenoxy) is 4. The molecule has 1 aliphatic rings. The van der Waals surface area contributed by atoms with Gasteiger partial charge in [-0.15, -0.1) is 0 Å². The van der Waals surface area contributed by atoms with Gasteiger partial charge < -0.3 is 50.0 Å². The normalized spacial score (nSPS) is 17.5. The molecule has 10 atom stereocenters. The SMILES string of the molecule is C=C(CCCC(O)CN(CCCCC1NC(=C)C(CCCCN(CC(O)CCCC(=O)OC(CC)CCCC)CC(O)CCCC(=O)OC(CC)CCCC)NC1=O)CC(O)CCCC(=C)OC(CC)CCCC)OC(CC)CCCC. The smallest absolute Gasteiger partial charge is 0.306 e. The average molecular weight is 1160 g/mol. The minimum Gasteiger partial charge on any atom is -0.495 e. The maximum Gasteiger partial charge on any atom is 0.306 e. The second-order valence-corrected chi connectivity index (χ2v) is 24.0. The Morgan fingerprint density at radius 2 is 0.756 bits per heavy atom. The third-order valence-corrected chi connectivity index (χ3v) is 16.1. The molecule has 1 fully saturated rings. The molecular weight excluding hydrogens is 1040 g/mol. The number of amides is 1. The highest BCUT2D eigenvalue weighted by molar-refractivity contribution is 5.83. The van der Waals surface area contributed by atoms with Crippen molar-refractivity contribution in [3.63, 3.8) is 0 Å². The number of nitrogens with one attached hydrogen (secondary N) is 2. The molecule has 0 spiro atoms. The second-order valence-electron chi connectivity index (χ2n) is 24.0. The van der Waals surface area contributed by atoms with E-state index in [0.29, 0.717) is 103 Å². The van der Waals surface area contributed by atoms with Crippen molar-refractivity contribution in [3.8, 4) is 0 Å². The van der Waals surface area contributed by atoms with Gasteiger partial charge in [0.05, 0.1) is 54.2 Å². The maximum atomic E-state index is 13.5.